The fourth-order valence-electron chi connectivity index (χ4n) is 2.76. The molecule has 1 unspecified atom stereocenters. The number of Topliss-reactive ketones (excluding diaryl/α,β-unsaturated/α-hetero) is 1. The third-order valence-corrected chi connectivity index (χ3v) is 4.10. The Balaban J connectivity index is 2.11. The fourth-order valence-corrected chi connectivity index (χ4v) is 2.76. The molecule has 1 atom stereocenters. The van der Waals surface area contributed by atoms with Crippen LogP contribution >= 0.6 is 0 Å². The normalized spacial score (nSPS) is 20.6. The van der Waals surface area contributed by atoms with Crippen molar-refractivity contribution in [3.63, 3.8) is 0 Å². The van der Waals surface area contributed by atoms with Gasteiger partial charge in [0.1, 0.15) is 12.0 Å². The van der Waals surface area contributed by atoms with Crippen molar-refractivity contribution in [1.82, 2.24) is 5.32 Å². The van der Waals surface area contributed by atoms with Crippen molar-refractivity contribution >= 4 is 17.7 Å². The smallest absolute Gasteiger partial charge is 0.321 e. The van der Waals surface area contributed by atoms with E-state index in [0.29, 0.717) is 18.4 Å². The van der Waals surface area contributed by atoms with Gasteiger partial charge < -0.3 is 10.1 Å². The maximum Gasteiger partial charge on any atom is 0.321 e. The van der Waals surface area contributed by atoms with Crippen molar-refractivity contribution in [1.29, 1.82) is 0 Å². The summed E-state index contributed by atoms with van der Waals surface area (Å²) in [7, 11) is 0. The van der Waals surface area contributed by atoms with Crippen LogP contribution in [-0.4, -0.2) is 30.8 Å². The third-order valence-electron chi connectivity index (χ3n) is 4.10. The fraction of sp³-hybridized carbons (Fsp3) is 0.389. The summed E-state index contributed by atoms with van der Waals surface area (Å²) in [5, 5.41) is 2.71. The van der Waals surface area contributed by atoms with Crippen molar-refractivity contribution in [3.05, 3.63) is 48.6 Å². The van der Waals surface area contributed by atoms with Crippen LogP contribution in [0.25, 0.3) is 0 Å². The van der Waals surface area contributed by atoms with Crippen LogP contribution in [0.5, 0.6) is 0 Å². The Labute approximate surface area is 135 Å². The van der Waals surface area contributed by atoms with Gasteiger partial charge in [0.15, 0.2) is 5.78 Å². The molecule has 5 nitrogen and oxygen atoms in total. The zero-order valence-corrected chi connectivity index (χ0v) is 13.0. The lowest BCUT2D eigenvalue weighted by atomic mass is 9.72. The minimum Gasteiger partial charge on any atom is -0.461 e. The molecule has 0 bridgehead atoms. The number of nitrogens with one attached hydrogen (secondary N) is 1. The van der Waals surface area contributed by atoms with E-state index in [2.05, 4.69) is 11.9 Å². The second-order valence-electron chi connectivity index (χ2n) is 5.65. The lowest BCUT2D eigenvalue weighted by molar-refractivity contribution is -0.161. The van der Waals surface area contributed by atoms with Gasteiger partial charge >= 0.3 is 5.97 Å². The highest BCUT2D eigenvalue weighted by atomic mass is 16.5. The number of amides is 1. The van der Waals surface area contributed by atoms with E-state index in [9.17, 15) is 14.4 Å². The Morgan fingerprint density at radius 3 is 2.65 bits per heavy atom. The first-order valence-electron chi connectivity index (χ1n) is 7.75. The largest absolute Gasteiger partial charge is 0.461 e. The molecule has 1 saturated carbocycles. The third kappa shape index (κ3) is 3.86. The SMILES string of the molecule is C=CCOC(=O)C1(CNC(=O)c2ccccc2)CCCCC1=O. The highest BCUT2D eigenvalue weighted by Crippen LogP contribution is 2.34. The molecule has 0 spiro atoms. The van der Waals surface area contributed by atoms with Crippen molar-refractivity contribution in [2.45, 2.75) is 25.7 Å². The van der Waals surface area contributed by atoms with Gasteiger partial charge in [0, 0.05) is 18.5 Å². The van der Waals surface area contributed by atoms with Gasteiger partial charge in [-0.2, -0.15) is 0 Å². The molecule has 1 aliphatic carbocycles. The molecule has 1 aliphatic rings. The number of carbonyl (C=O) groups excluding carboxylic acids is 3. The monoisotopic (exact) mass is 315 g/mol. The van der Waals surface area contributed by atoms with Gasteiger partial charge in [0.05, 0.1) is 0 Å². The molecule has 0 radical (unpaired) electrons. The van der Waals surface area contributed by atoms with Gasteiger partial charge in [-0.15, -0.1) is 0 Å². The van der Waals surface area contributed by atoms with Gasteiger partial charge in [0.2, 0.25) is 0 Å². The number of carbonyl (C=O) groups is 3. The Kier molecular flexibility index (Phi) is 5.68. The molecule has 5 heteroatoms. The first-order valence-corrected chi connectivity index (χ1v) is 7.75. The highest BCUT2D eigenvalue weighted by Gasteiger charge is 2.48. The van der Waals surface area contributed by atoms with Crippen LogP contribution in [0.15, 0.2) is 43.0 Å². The summed E-state index contributed by atoms with van der Waals surface area (Å²) >= 11 is 0. The predicted molar refractivity (Wildman–Crippen MR) is 85.8 cm³/mol. The van der Waals surface area contributed by atoms with Crippen LogP contribution in [-0.2, 0) is 14.3 Å². The molecule has 1 N–H and O–H groups in total. The average molecular weight is 315 g/mol. The average Bonchev–Trinajstić information content (AvgIpc) is 2.59. The molecular weight excluding hydrogens is 294 g/mol. The number of benzene rings is 1. The standard InChI is InChI=1S/C18H21NO4/c1-2-12-23-17(22)18(11-7-6-10-15(18)20)13-19-16(21)14-8-4-3-5-9-14/h2-5,8-9H,1,6-7,10-13H2,(H,19,21). The van der Waals surface area contributed by atoms with E-state index < -0.39 is 11.4 Å². The molecule has 122 valence electrons. The number of esters is 1. The molecule has 0 heterocycles. The van der Waals surface area contributed by atoms with Crippen LogP contribution in [0.3, 0.4) is 0 Å². The minimum absolute atomic E-state index is 0.0322. The van der Waals surface area contributed by atoms with E-state index in [1.54, 1.807) is 24.3 Å². The van der Waals surface area contributed by atoms with Crippen LogP contribution < -0.4 is 5.32 Å². The van der Waals surface area contributed by atoms with Gasteiger partial charge in [-0.05, 0) is 25.0 Å². The molecule has 0 saturated heterocycles. The number of ketones is 1. The first-order chi connectivity index (χ1) is 11.1. The summed E-state index contributed by atoms with van der Waals surface area (Å²) in [6, 6.07) is 8.70. The van der Waals surface area contributed by atoms with E-state index in [0.717, 1.165) is 12.8 Å². The maximum atomic E-state index is 12.4. The first kappa shape index (κ1) is 16.9. The Bertz CT molecular complexity index is 596. The van der Waals surface area contributed by atoms with E-state index >= 15 is 0 Å². The van der Waals surface area contributed by atoms with Crippen molar-refractivity contribution in [3.8, 4) is 0 Å². The summed E-state index contributed by atoms with van der Waals surface area (Å²) in [6.07, 6.45) is 3.72. The predicted octanol–water partition coefficient (Wildman–Crippen LogP) is 2.28. The molecule has 1 aromatic rings. The van der Waals surface area contributed by atoms with Gasteiger partial charge in [0.25, 0.3) is 5.91 Å². The van der Waals surface area contributed by atoms with Crippen LogP contribution in [0.2, 0.25) is 0 Å². The quantitative estimate of drug-likeness (QED) is 0.496. The topological polar surface area (TPSA) is 72.5 Å². The van der Waals surface area contributed by atoms with Gasteiger partial charge in [-0.25, -0.2) is 0 Å². The Hall–Kier alpha value is -2.43. The van der Waals surface area contributed by atoms with E-state index in [-0.39, 0.29) is 24.8 Å². The molecule has 1 aromatic carbocycles. The summed E-state index contributed by atoms with van der Waals surface area (Å²) in [5.41, 5.74) is -0.781. The van der Waals surface area contributed by atoms with Crippen molar-refractivity contribution in [2.24, 2.45) is 5.41 Å². The highest BCUT2D eigenvalue weighted by molar-refractivity contribution is 6.05. The molecule has 23 heavy (non-hydrogen) atoms. The van der Waals surface area contributed by atoms with E-state index in [4.69, 9.17) is 4.74 Å². The van der Waals surface area contributed by atoms with Crippen LogP contribution in [0, 0.1) is 5.41 Å². The van der Waals surface area contributed by atoms with Gasteiger partial charge in [-0.3, -0.25) is 14.4 Å². The summed E-state index contributed by atoms with van der Waals surface area (Å²) in [4.78, 5) is 37.0. The minimum atomic E-state index is -1.27. The van der Waals surface area contributed by atoms with Gasteiger partial charge in [-0.1, -0.05) is 37.3 Å². The summed E-state index contributed by atoms with van der Waals surface area (Å²) < 4.78 is 5.11. The second kappa shape index (κ2) is 7.72. The van der Waals surface area contributed by atoms with Crippen LogP contribution in [0.1, 0.15) is 36.0 Å². The zero-order valence-electron chi connectivity index (χ0n) is 13.0. The van der Waals surface area contributed by atoms with E-state index in [1.807, 2.05) is 6.07 Å². The molecule has 0 aliphatic heterocycles. The van der Waals surface area contributed by atoms with E-state index in [1.165, 1.54) is 6.08 Å². The summed E-state index contributed by atoms with van der Waals surface area (Å²) in [5.74, 6) is -1.04. The molecule has 0 aromatic heterocycles. The number of rotatable bonds is 6. The maximum absolute atomic E-state index is 12.4. The van der Waals surface area contributed by atoms with Crippen molar-refractivity contribution in [2.75, 3.05) is 13.2 Å². The lowest BCUT2D eigenvalue weighted by Crippen LogP contribution is -2.51. The number of hydrogen-bond donors (Lipinski definition) is 1. The molecular formula is C18H21NO4. The van der Waals surface area contributed by atoms with Crippen LogP contribution in [0.4, 0.5) is 0 Å². The Morgan fingerprint density at radius 1 is 1.26 bits per heavy atom. The Morgan fingerprint density at radius 2 is 2.00 bits per heavy atom. The molecule has 1 amide bonds. The summed E-state index contributed by atoms with van der Waals surface area (Å²) in [6.45, 7) is 3.53. The molecule has 2 rings (SSSR count). The zero-order chi connectivity index (χ0) is 16.7. The number of ether oxygens (including phenoxy) is 1. The number of hydrogen-bond acceptors (Lipinski definition) is 4. The van der Waals surface area contributed by atoms with Crippen molar-refractivity contribution < 1.29 is 19.1 Å². The second-order valence-corrected chi connectivity index (χ2v) is 5.65. The lowest BCUT2D eigenvalue weighted by Gasteiger charge is -2.33. The molecule has 1 fully saturated rings.